The van der Waals surface area contributed by atoms with E-state index in [2.05, 4.69) is 5.32 Å². The van der Waals surface area contributed by atoms with Crippen LogP contribution in [0.25, 0.3) is 0 Å². The van der Waals surface area contributed by atoms with Crippen LogP contribution in [0.2, 0.25) is 0 Å². The molecule has 2 N–H and O–H groups in total. The number of rotatable bonds is 7. The smallest absolute Gasteiger partial charge is 0.371 e. The van der Waals surface area contributed by atoms with Crippen LogP contribution in [-0.2, 0) is 11.3 Å². The summed E-state index contributed by atoms with van der Waals surface area (Å²) in [6, 6.07) is 2.65. The molecular formula is C13H20N2O4. The fourth-order valence-electron chi connectivity index (χ4n) is 1.74. The number of amides is 1. The van der Waals surface area contributed by atoms with Crippen molar-refractivity contribution < 1.29 is 19.1 Å². The molecule has 6 heteroatoms. The van der Waals surface area contributed by atoms with Crippen molar-refractivity contribution in [1.82, 2.24) is 10.2 Å². The summed E-state index contributed by atoms with van der Waals surface area (Å²) >= 11 is 0. The number of hydrogen-bond donors (Lipinski definition) is 2. The van der Waals surface area contributed by atoms with Gasteiger partial charge in [0.25, 0.3) is 0 Å². The third-order valence-corrected chi connectivity index (χ3v) is 2.90. The van der Waals surface area contributed by atoms with Crippen LogP contribution >= 0.6 is 0 Å². The van der Waals surface area contributed by atoms with Crippen LogP contribution in [0.5, 0.6) is 0 Å². The lowest BCUT2D eigenvalue weighted by Gasteiger charge is -2.23. The van der Waals surface area contributed by atoms with E-state index in [1.54, 1.807) is 17.9 Å². The number of nitrogens with one attached hydrogen (secondary N) is 1. The van der Waals surface area contributed by atoms with Crippen LogP contribution in [0.15, 0.2) is 16.5 Å². The highest BCUT2D eigenvalue weighted by molar-refractivity contribution is 5.84. The first-order valence-corrected chi connectivity index (χ1v) is 6.33. The standard InChI is InChI=1S/C13H20N2O4/c1-4-15(5-2)12(16)9(3)14-8-10-6-7-11(19-10)13(17)18/h6-7,9,14H,4-5,8H2,1-3H3,(H,17,18). The van der Waals surface area contributed by atoms with E-state index in [1.165, 1.54) is 6.07 Å². The Labute approximate surface area is 112 Å². The Morgan fingerprint density at radius 1 is 1.37 bits per heavy atom. The third kappa shape index (κ3) is 4.10. The Kier molecular flexibility index (Phi) is 5.57. The van der Waals surface area contributed by atoms with Crippen molar-refractivity contribution in [2.45, 2.75) is 33.4 Å². The predicted molar refractivity (Wildman–Crippen MR) is 69.9 cm³/mol. The SMILES string of the molecule is CCN(CC)C(=O)C(C)NCc1ccc(C(=O)O)o1. The van der Waals surface area contributed by atoms with E-state index in [9.17, 15) is 9.59 Å². The third-order valence-electron chi connectivity index (χ3n) is 2.90. The number of carboxylic acid groups (broad SMARTS) is 1. The van der Waals surface area contributed by atoms with Crippen molar-refractivity contribution in [1.29, 1.82) is 0 Å². The molecule has 1 aromatic rings. The molecule has 0 saturated carbocycles. The van der Waals surface area contributed by atoms with E-state index in [4.69, 9.17) is 9.52 Å². The molecule has 1 unspecified atom stereocenters. The van der Waals surface area contributed by atoms with Crippen molar-refractivity contribution >= 4 is 11.9 Å². The second kappa shape index (κ2) is 6.94. The summed E-state index contributed by atoms with van der Waals surface area (Å²) in [5.41, 5.74) is 0. The summed E-state index contributed by atoms with van der Waals surface area (Å²) in [7, 11) is 0. The first-order chi connectivity index (χ1) is 8.99. The van der Waals surface area contributed by atoms with E-state index < -0.39 is 5.97 Å². The zero-order valence-corrected chi connectivity index (χ0v) is 11.5. The molecule has 1 aromatic heterocycles. The number of likely N-dealkylation sites (N-methyl/N-ethyl adjacent to an activating group) is 1. The Bertz CT molecular complexity index is 438. The Balaban J connectivity index is 2.51. The van der Waals surface area contributed by atoms with Gasteiger partial charge in [0.05, 0.1) is 12.6 Å². The highest BCUT2D eigenvalue weighted by Gasteiger charge is 2.18. The van der Waals surface area contributed by atoms with Gasteiger partial charge in [0.2, 0.25) is 11.7 Å². The molecule has 0 fully saturated rings. The van der Waals surface area contributed by atoms with E-state index in [0.29, 0.717) is 25.4 Å². The molecule has 19 heavy (non-hydrogen) atoms. The lowest BCUT2D eigenvalue weighted by Crippen LogP contribution is -2.44. The van der Waals surface area contributed by atoms with Gasteiger partial charge in [-0.2, -0.15) is 0 Å². The number of aromatic carboxylic acids is 1. The zero-order valence-electron chi connectivity index (χ0n) is 11.5. The van der Waals surface area contributed by atoms with Crippen LogP contribution in [0.3, 0.4) is 0 Å². The van der Waals surface area contributed by atoms with Gasteiger partial charge in [-0.15, -0.1) is 0 Å². The first-order valence-electron chi connectivity index (χ1n) is 6.33. The van der Waals surface area contributed by atoms with Crippen LogP contribution in [0.1, 0.15) is 37.1 Å². The monoisotopic (exact) mass is 268 g/mol. The van der Waals surface area contributed by atoms with Gasteiger partial charge in [0.1, 0.15) is 5.76 Å². The summed E-state index contributed by atoms with van der Waals surface area (Å²) in [5.74, 6) is -0.676. The minimum atomic E-state index is -1.10. The quantitative estimate of drug-likeness (QED) is 0.779. The number of carboxylic acids is 1. The predicted octanol–water partition coefficient (Wildman–Crippen LogP) is 1.32. The molecule has 0 aliphatic carbocycles. The second-order valence-electron chi connectivity index (χ2n) is 4.18. The molecule has 1 rings (SSSR count). The zero-order chi connectivity index (χ0) is 14.4. The van der Waals surface area contributed by atoms with Crippen molar-refractivity contribution in [2.75, 3.05) is 13.1 Å². The summed E-state index contributed by atoms with van der Waals surface area (Å²) in [6.07, 6.45) is 0. The molecule has 6 nitrogen and oxygen atoms in total. The number of hydrogen-bond acceptors (Lipinski definition) is 4. The highest BCUT2D eigenvalue weighted by Crippen LogP contribution is 2.08. The fourth-order valence-corrected chi connectivity index (χ4v) is 1.74. The summed E-state index contributed by atoms with van der Waals surface area (Å²) < 4.78 is 5.10. The maximum atomic E-state index is 12.0. The van der Waals surface area contributed by atoms with Crippen LogP contribution in [0.4, 0.5) is 0 Å². The molecule has 1 heterocycles. The Morgan fingerprint density at radius 2 is 2.00 bits per heavy atom. The maximum absolute atomic E-state index is 12.0. The van der Waals surface area contributed by atoms with Gasteiger partial charge < -0.3 is 14.4 Å². The average molecular weight is 268 g/mol. The molecule has 1 atom stereocenters. The van der Waals surface area contributed by atoms with Crippen LogP contribution in [-0.4, -0.2) is 41.0 Å². The van der Waals surface area contributed by atoms with Gasteiger partial charge in [0, 0.05) is 13.1 Å². The van der Waals surface area contributed by atoms with E-state index in [-0.39, 0.29) is 17.7 Å². The van der Waals surface area contributed by atoms with Gasteiger partial charge >= 0.3 is 5.97 Å². The summed E-state index contributed by atoms with van der Waals surface area (Å²) in [5, 5.41) is 11.7. The summed E-state index contributed by atoms with van der Waals surface area (Å²) in [4.78, 5) is 24.4. The van der Waals surface area contributed by atoms with E-state index >= 15 is 0 Å². The normalized spacial score (nSPS) is 12.2. The highest BCUT2D eigenvalue weighted by atomic mass is 16.4. The first kappa shape index (κ1) is 15.2. The number of carbonyl (C=O) groups is 2. The van der Waals surface area contributed by atoms with Crippen molar-refractivity contribution in [3.05, 3.63) is 23.7 Å². The molecule has 0 radical (unpaired) electrons. The van der Waals surface area contributed by atoms with Gasteiger partial charge in [-0.05, 0) is 32.9 Å². The van der Waals surface area contributed by atoms with Crippen molar-refractivity contribution in [3.8, 4) is 0 Å². The van der Waals surface area contributed by atoms with Crippen molar-refractivity contribution in [3.63, 3.8) is 0 Å². The van der Waals surface area contributed by atoms with Gasteiger partial charge in [-0.3, -0.25) is 10.1 Å². The number of furan rings is 1. The van der Waals surface area contributed by atoms with Crippen LogP contribution in [0, 0.1) is 0 Å². The molecule has 106 valence electrons. The molecule has 0 aliphatic rings. The van der Waals surface area contributed by atoms with Gasteiger partial charge in [-0.1, -0.05) is 0 Å². The lowest BCUT2D eigenvalue weighted by molar-refractivity contribution is -0.132. The van der Waals surface area contributed by atoms with Crippen LogP contribution < -0.4 is 5.32 Å². The van der Waals surface area contributed by atoms with E-state index in [1.807, 2.05) is 13.8 Å². The van der Waals surface area contributed by atoms with Gasteiger partial charge in [-0.25, -0.2) is 4.79 Å². The van der Waals surface area contributed by atoms with Gasteiger partial charge in [0.15, 0.2) is 0 Å². The number of nitrogens with zero attached hydrogens (tertiary/aromatic N) is 1. The van der Waals surface area contributed by atoms with E-state index in [0.717, 1.165) is 0 Å². The topological polar surface area (TPSA) is 82.8 Å². The molecule has 0 saturated heterocycles. The molecule has 0 bridgehead atoms. The minimum Gasteiger partial charge on any atom is -0.475 e. The number of carbonyl (C=O) groups excluding carboxylic acids is 1. The lowest BCUT2D eigenvalue weighted by atomic mass is 10.2. The maximum Gasteiger partial charge on any atom is 0.371 e. The Hall–Kier alpha value is -1.82. The molecule has 0 spiro atoms. The fraction of sp³-hybridized carbons (Fsp3) is 0.538. The molecule has 1 amide bonds. The molecule has 0 aromatic carbocycles. The molecule has 0 aliphatic heterocycles. The Morgan fingerprint density at radius 3 is 2.47 bits per heavy atom. The van der Waals surface area contributed by atoms with Crippen molar-refractivity contribution in [2.24, 2.45) is 0 Å². The minimum absolute atomic E-state index is 0.0232. The average Bonchev–Trinajstić information content (AvgIpc) is 2.86. The second-order valence-corrected chi connectivity index (χ2v) is 4.18. The largest absolute Gasteiger partial charge is 0.475 e. The molecular weight excluding hydrogens is 248 g/mol. The summed E-state index contributed by atoms with van der Waals surface area (Å²) in [6.45, 7) is 7.30.